The highest BCUT2D eigenvalue weighted by molar-refractivity contribution is 5.40. The van der Waals surface area contributed by atoms with Crippen molar-refractivity contribution in [3.8, 4) is 11.5 Å². The Labute approximate surface area is 71.0 Å². The van der Waals surface area contributed by atoms with Gasteiger partial charge in [-0.3, -0.25) is 0 Å². The average Bonchev–Trinajstić information content (AvgIpc) is 2.28. The summed E-state index contributed by atoms with van der Waals surface area (Å²) in [6.07, 6.45) is 0. The number of phenols is 1. The zero-order valence-corrected chi connectivity index (χ0v) is 6.71. The molecule has 0 aromatic heterocycles. The van der Waals surface area contributed by atoms with E-state index in [0.717, 1.165) is 24.4 Å². The van der Waals surface area contributed by atoms with Crippen molar-refractivity contribution in [2.45, 2.75) is 6.54 Å². The lowest BCUT2D eigenvalue weighted by atomic mass is 10.2. The molecule has 1 aliphatic heterocycles. The van der Waals surface area contributed by atoms with Crippen LogP contribution in [0.4, 0.5) is 0 Å². The number of hydrogen-bond donors (Lipinski definition) is 2. The molecule has 0 fully saturated rings. The van der Waals surface area contributed by atoms with Crippen LogP contribution in [0.2, 0.25) is 0 Å². The van der Waals surface area contributed by atoms with Gasteiger partial charge in [0.2, 0.25) is 0 Å². The van der Waals surface area contributed by atoms with E-state index < -0.39 is 0 Å². The van der Waals surface area contributed by atoms with Crippen LogP contribution in [0.5, 0.6) is 11.5 Å². The van der Waals surface area contributed by atoms with Crippen LogP contribution in [0.3, 0.4) is 0 Å². The maximum atomic E-state index is 9.18. The molecule has 2 rings (SSSR count). The van der Waals surface area contributed by atoms with Crippen molar-refractivity contribution in [2.75, 3.05) is 13.2 Å². The molecule has 3 heteroatoms. The summed E-state index contributed by atoms with van der Waals surface area (Å²) in [7, 11) is 0. The molecule has 0 saturated carbocycles. The van der Waals surface area contributed by atoms with E-state index in [1.807, 2.05) is 6.07 Å². The van der Waals surface area contributed by atoms with Gasteiger partial charge in [-0.1, -0.05) is 6.07 Å². The summed E-state index contributed by atoms with van der Waals surface area (Å²) >= 11 is 0. The molecule has 2 N–H and O–H groups in total. The number of rotatable bonds is 0. The standard InChI is InChI=1S/C9H11NO2/c11-8-2-1-7-6-10-3-4-12-9(7)5-8/h1-2,5,10-11H,3-4,6H2. The van der Waals surface area contributed by atoms with Gasteiger partial charge in [-0.05, 0) is 6.07 Å². The summed E-state index contributed by atoms with van der Waals surface area (Å²) < 4.78 is 5.41. The molecule has 1 aromatic rings. The van der Waals surface area contributed by atoms with Crippen LogP contribution in [0.1, 0.15) is 5.56 Å². The van der Waals surface area contributed by atoms with Gasteiger partial charge in [0.1, 0.15) is 18.1 Å². The Bertz CT molecular complexity index is 286. The molecule has 1 aromatic carbocycles. The first-order chi connectivity index (χ1) is 5.86. The van der Waals surface area contributed by atoms with Crippen LogP contribution in [0.15, 0.2) is 18.2 Å². The first kappa shape index (κ1) is 7.43. The van der Waals surface area contributed by atoms with Crippen LogP contribution in [0.25, 0.3) is 0 Å². The summed E-state index contributed by atoms with van der Waals surface area (Å²) in [6, 6.07) is 5.21. The highest BCUT2D eigenvalue weighted by Crippen LogP contribution is 2.24. The Morgan fingerprint density at radius 2 is 2.33 bits per heavy atom. The highest BCUT2D eigenvalue weighted by Gasteiger charge is 2.07. The summed E-state index contributed by atoms with van der Waals surface area (Å²) in [5.74, 6) is 1.05. The first-order valence-electron chi connectivity index (χ1n) is 4.02. The smallest absolute Gasteiger partial charge is 0.127 e. The number of benzene rings is 1. The van der Waals surface area contributed by atoms with E-state index >= 15 is 0 Å². The molecule has 0 spiro atoms. The third-order valence-corrected chi connectivity index (χ3v) is 1.90. The number of fused-ring (bicyclic) bond motifs is 1. The summed E-state index contributed by atoms with van der Waals surface area (Å²) in [6.45, 7) is 2.33. The van der Waals surface area contributed by atoms with E-state index in [9.17, 15) is 5.11 Å². The molecule has 0 radical (unpaired) electrons. The molecule has 12 heavy (non-hydrogen) atoms. The second kappa shape index (κ2) is 3.03. The lowest BCUT2D eigenvalue weighted by molar-refractivity contribution is 0.324. The van der Waals surface area contributed by atoms with Gasteiger partial charge in [-0.15, -0.1) is 0 Å². The first-order valence-corrected chi connectivity index (χ1v) is 4.02. The highest BCUT2D eigenvalue weighted by atomic mass is 16.5. The van der Waals surface area contributed by atoms with Gasteiger partial charge in [0.05, 0.1) is 0 Å². The number of nitrogens with one attached hydrogen (secondary N) is 1. The second-order valence-electron chi connectivity index (χ2n) is 2.82. The minimum absolute atomic E-state index is 0.260. The van der Waals surface area contributed by atoms with Gasteiger partial charge in [-0.2, -0.15) is 0 Å². The molecule has 1 heterocycles. The minimum Gasteiger partial charge on any atom is -0.508 e. The third-order valence-electron chi connectivity index (χ3n) is 1.90. The molecule has 3 nitrogen and oxygen atoms in total. The largest absolute Gasteiger partial charge is 0.508 e. The molecule has 64 valence electrons. The maximum Gasteiger partial charge on any atom is 0.127 e. The van der Waals surface area contributed by atoms with Gasteiger partial charge >= 0.3 is 0 Å². The van der Waals surface area contributed by atoms with Crippen LogP contribution in [0, 0.1) is 0 Å². The Hall–Kier alpha value is -1.22. The minimum atomic E-state index is 0.260. The number of ether oxygens (including phenoxy) is 1. The fourth-order valence-corrected chi connectivity index (χ4v) is 1.28. The summed E-state index contributed by atoms with van der Waals surface area (Å²) in [4.78, 5) is 0. The topological polar surface area (TPSA) is 41.5 Å². The van der Waals surface area contributed by atoms with Crippen molar-refractivity contribution in [1.29, 1.82) is 0 Å². The number of aromatic hydroxyl groups is 1. The lowest BCUT2D eigenvalue weighted by Crippen LogP contribution is -2.16. The van der Waals surface area contributed by atoms with Crippen molar-refractivity contribution in [3.05, 3.63) is 23.8 Å². The van der Waals surface area contributed by atoms with E-state index in [2.05, 4.69) is 5.32 Å². The summed E-state index contributed by atoms with van der Waals surface area (Å²) in [5.41, 5.74) is 1.10. The predicted octanol–water partition coefficient (Wildman–Crippen LogP) is 0.874. The Balaban J connectivity index is 2.36. The van der Waals surface area contributed by atoms with E-state index in [1.54, 1.807) is 12.1 Å². The van der Waals surface area contributed by atoms with E-state index in [0.29, 0.717) is 6.61 Å². The van der Waals surface area contributed by atoms with Crippen molar-refractivity contribution in [2.24, 2.45) is 0 Å². The molecule has 0 aliphatic carbocycles. The SMILES string of the molecule is Oc1ccc2c(c1)OCCNC2. The molecule has 0 saturated heterocycles. The lowest BCUT2D eigenvalue weighted by Gasteiger charge is -2.05. The van der Waals surface area contributed by atoms with Crippen LogP contribution < -0.4 is 10.1 Å². The average molecular weight is 165 g/mol. The molecule has 0 unspecified atom stereocenters. The van der Waals surface area contributed by atoms with Gasteiger partial charge in [0, 0.05) is 24.7 Å². The summed E-state index contributed by atoms with van der Waals surface area (Å²) in [5, 5.41) is 12.4. The van der Waals surface area contributed by atoms with Crippen LogP contribution in [-0.4, -0.2) is 18.3 Å². The van der Waals surface area contributed by atoms with Crippen molar-refractivity contribution in [1.82, 2.24) is 5.32 Å². The molecular weight excluding hydrogens is 154 g/mol. The molecule has 1 aliphatic rings. The fourth-order valence-electron chi connectivity index (χ4n) is 1.28. The van der Waals surface area contributed by atoms with Gasteiger partial charge in [0.25, 0.3) is 0 Å². The zero-order valence-electron chi connectivity index (χ0n) is 6.71. The van der Waals surface area contributed by atoms with Crippen molar-refractivity contribution >= 4 is 0 Å². The fraction of sp³-hybridized carbons (Fsp3) is 0.333. The third kappa shape index (κ3) is 1.36. The zero-order chi connectivity index (χ0) is 8.39. The monoisotopic (exact) mass is 165 g/mol. The molecular formula is C9H11NO2. The van der Waals surface area contributed by atoms with E-state index in [1.165, 1.54) is 0 Å². The van der Waals surface area contributed by atoms with Crippen LogP contribution in [-0.2, 0) is 6.54 Å². The van der Waals surface area contributed by atoms with E-state index in [-0.39, 0.29) is 5.75 Å². The predicted molar refractivity (Wildman–Crippen MR) is 45.3 cm³/mol. The number of hydrogen-bond acceptors (Lipinski definition) is 3. The molecule has 0 amide bonds. The van der Waals surface area contributed by atoms with Gasteiger partial charge in [-0.25, -0.2) is 0 Å². The van der Waals surface area contributed by atoms with Crippen LogP contribution >= 0.6 is 0 Å². The number of phenolic OH excluding ortho intramolecular Hbond substituents is 1. The Morgan fingerprint density at radius 3 is 3.25 bits per heavy atom. The van der Waals surface area contributed by atoms with Gasteiger partial charge < -0.3 is 15.2 Å². The molecule has 0 bridgehead atoms. The normalized spacial score (nSPS) is 16.0. The van der Waals surface area contributed by atoms with E-state index in [4.69, 9.17) is 4.74 Å². The maximum absolute atomic E-state index is 9.18. The second-order valence-corrected chi connectivity index (χ2v) is 2.82. The Morgan fingerprint density at radius 1 is 1.42 bits per heavy atom. The Kier molecular flexibility index (Phi) is 1.87. The van der Waals surface area contributed by atoms with Crippen molar-refractivity contribution in [3.63, 3.8) is 0 Å². The van der Waals surface area contributed by atoms with Crippen molar-refractivity contribution < 1.29 is 9.84 Å². The molecule has 0 atom stereocenters. The quantitative estimate of drug-likeness (QED) is 0.599. The van der Waals surface area contributed by atoms with Gasteiger partial charge in [0.15, 0.2) is 0 Å².